The van der Waals surface area contributed by atoms with Crippen molar-refractivity contribution in [1.82, 2.24) is 19.5 Å². The number of rotatable bonds is 3. The number of aliphatic hydroxyl groups is 2. The number of imidazole rings is 1. The Bertz CT molecular complexity index is 665. The normalized spacial score (nSPS) is 26.5. The summed E-state index contributed by atoms with van der Waals surface area (Å²) in [5.74, 6) is -0.289. The summed E-state index contributed by atoms with van der Waals surface area (Å²) >= 11 is 0. The predicted octanol–water partition coefficient (Wildman–Crippen LogP) is -1.80. The third-order valence-corrected chi connectivity index (χ3v) is 3.27. The molecule has 19 heavy (non-hydrogen) atoms. The van der Waals surface area contributed by atoms with Crippen molar-refractivity contribution >= 4 is 17.1 Å². The largest absolute Gasteiger partial charge is 0.396 e. The number of aromatic amines is 1. The highest BCUT2D eigenvalue weighted by Gasteiger charge is 2.43. The quantitative estimate of drug-likeness (QED) is 0.514. The zero-order valence-electron chi connectivity index (χ0n) is 9.85. The Balaban J connectivity index is 2.05. The topological polar surface area (TPSA) is 139 Å². The van der Waals surface area contributed by atoms with Crippen LogP contribution in [0.15, 0.2) is 11.1 Å². The molecule has 3 heterocycles. The maximum atomic E-state index is 11.6. The van der Waals surface area contributed by atoms with Crippen LogP contribution in [0.2, 0.25) is 0 Å². The predicted molar refractivity (Wildman–Crippen MR) is 64.1 cm³/mol. The van der Waals surface area contributed by atoms with E-state index in [9.17, 15) is 9.90 Å². The average molecular weight is 267 g/mol. The Hall–Kier alpha value is -1.97. The number of hydrogen-bond acceptors (Lipinski definition) is 7. The highest BCUT2D eigenvalue weighted by atomic mass is 16.5. The lowest BCUT2D eigenvalue weighted by Crippen LogP contribution is -2.49. The van der Waals surface area contributed by atoms with E-state index >= 15 is 0 Å². The summed E-state index contributed by atoms with van der Waals surface area (Å²) in [6.07, 6.45) is 0.473. The third-order valence-electron chi connectivity index (χ3n) is 3.27. The van der Waals surface area contributed by atoms with Gasteiger partial charge in [0, 0.05) is 0 Å². The van der Waals surface area contributed by atoms with Gasteiger partial charge in [-0.15, -0.1) is 0 Å². The molecule has 0 bridgehead atoms. The van der Waals surface area contributed by atoms with Crippen molar-refractivity contribution in [2.24, 2.45) is 5.92 Å². The lowest BCUT2D eigenvalue weighted by Gasteiger charge is -2.43. The maximum absolute atomic E-state index is 11.6. The molecule has 2 aromatic rings. The van der Waals surface area contributed by atoms with E-state index in [1.54, 1.807) is 0 Å². The van der Waals surface area contributed by atoms with Crippen LogP contribution < -0.4 is 11.3 Å². The lowest BCUT2D eigenvalue weighted by molar-refractivity contribution is -0.243. The number of aromatic nitrogens is 4. The van der Waals surface area contributed by atoms with E-state index in [1.807, 2.05) is 0 Å². The van der Waals surface area contributed by atoms with Gasteiger partial charge in [-0.25, -0.2) is 4.98 Å². The van der Waals surface area contributed by atoms with Crippen LogP contribution in [0.25, 0.3) is 11.2 Å². The lowest BCUT2D eigenvalue weighted by atomic mass is 9.95. The first-order valence-electron chi connectivity index (χ1n) is 5.75. The van der Waals surface area contributed by atoms with Crippen molar-refractivity contribution in [1.29, 1.82) is 0 Å². The van der Waals surface area contributed by atoms with Gasteiger partial charge in [0.1, 0.15) is 6.23 Å². The first kappa shape index (κ1) is 12.1. The van der Waals surface area contributed by atoms with Gasteiger partial charge in [-0.3, -0.25) is 14.3 Å². The standard InChI is InChI=1S/C10H13N5O4/c11-10-13-7-6(8(18)14-10)12-3-15(7)9-4(1-16)5(2-17)19-9/h3-5,9,16-17H,1-2H2,(H3,11,13,14,18). The number of fused-ring (bicyclic) bond motifs is 1. The van der Waals surface area contributed by atoms with E-state index in [-0.39, 0.29) is 30.6 Å². The summed E-state index contributed by atoms with van der Waals surface area (Å²) in [7, 11) is 0. The van der Waals surface area contributed by atoms with Crippen LogP contribution in [0.1, 0.15) is 6.23 Å². The molecule has 5 N–H and O–H groups in total. The minimum Gasteiger partial charge on any atom is -0.396 e. The van der Waals surface area contributed by atoms with Gasteiger partial charge in [0.2, 0.25) is 5.95 Å². The summed E-state index contributed by atoms with van der Waals surface area (Å²) in [5, 5.41) is 18.4. The molecule has 0 spiro atoms. The minimum absolute atomic E-state index is 0.0159. The number of H-pyrrole nitrogens is 1. The van der Waals surface area contributed by atoms with Gasteiger partial charge in [0.05, 0.1) is 31.6 Å². The van der Waals surface area contributed by atoms with E-state index < -0.39 is 17.9 Å². The molecule has 2 aromatic heterocycles. The molecule has 0 aromatic carbocycles. The number of nitrogens with one attached hydrogen (secondary N) is 1. The van der Waals surface area contributed by atoms with Crippen molar-refractivity contribution in [3.63, 3.8) is 0 Å². The second-order valence-corrected chi connectivity index (χ2v) is 4.37. The number of ether oxygens (including phenoxy) is 1. The molecule has 1 aliphatic rings. The van der Waals surface area contributed by atoms with Crippen molar-refractivity contribution < 1.29 is 14.9 Å². The second-order valence-electron chi connectivity index (χ2n) is 4.37. The molecule has 1 saturated heterocycles. The molecule has 0 amide bonds. The molecular weight excluding hydrogens is 254 g/mol. The Morgan fingerprint density at radius 2 is 2.26 bits per heavy atom. The van der Waals surface area contributed by atoms with Gasteiger partial charge in [-0.05, 0) is 0 Å². The molecule has 3 atom stereocenters. The number of nitrogens with two attached hydrogens (primary N) is 1. The molecule has 0 radical (unpaired) electrons. The van der Waals surface area contributed by atoms with Gasteiger partial charge in [-0.2, -0.15) is 4.98 Å². The maximum Gasteiger partial charge on any atom is 0.280 e. The fourth-order valence-corrected chi connectivity index (χ4v) is 2.26. The monoisotopic (exact) mass is 267 g/mol. The van der Waals surface area contributed by atoms with Crippen molar-refractivity contribution in [2.45, 2.75) is 12.3 Å². The number of aliphatic hydroxyl groups excluding tert-OH is 2. The summed E-state index contributed by atoms with van der Waals surface area (Å²) < 4.78 is 6.98. The van der Waals surface area contributed by atoms with E-state index in [0.717, 1.165) is 0 Å². The van der Waals surface area contributed by atoms with Crippen LogP contribution in [0, 0.1) is 5.92 Å². The second kappa shape index (κ2) is 4.30. The Labute approximate surface area is 106 Å². The van der Waals surface area contributed by atoms with Crippen LogP contribution in [-0.2, 0) is 4.74 Å². The zero-order chi connectivity index (χ0) is 13.6. The molecule has 102 valence electrons. The molecule has 9 nitrogen and oxygen atoms in total. The first-order valence-corrected chi connectivity index (χ1v) is 5.75. The summed E-state index contributed by atoms with van der Waals surface area (Å²) in [4.78, 5) is 22.0. The summed E-state index contributed by atoms with van der Waals surface area (Å²) in [6.45, 7) is -0.321. The summed E-state index contributed by atoms with van der Waals surface area (Å²) in [5.41, 5.74) is 5.51. The van der Waals surface area contributed by atoms with Crippen LogP contribution >= 0.6 is 0 Å². The van der Waals surface area contributed by atoms with Crippen molar-refractivity contribution in [3.05, 3.63) is 16.7 Å². The molecule has 9 heteroatoms. The molecule has 3 rings (SSSR count). The van der Waals surface area contributed by atoms with Crippen molar-refractivity contribution in [3.8, 4) is 0 Å². The van der Waals surface area contributed by atoms with E-state index in [0.29, 0.717) is 5.65 Å². The van der Waals surface area contributed by atoms with Crippen LogP contribution in [-0.4, -0.2) is 49.0 Å². The van der Waals surface area contributed by atoms with Crippen LogP contribution in [0.3, 0.4) is 0 Å². The molecule has 3 unspecified atom stereocenters. The average Bonchev–Trinajstić information content (AvgIpc) is 2.73. The molecule has 1 fully saturated rings. The van der Waals surface area contributed by atoms with Gasteiger partial charge in [0.15, 0.2) is 11.2 Å². The van der Waals surface area contributed by atoms with E-state index in [1.165, 1.54) is 10.9 Å². The SMILES string of the molecule is Nc1nc2c(ncn2C2OC(CO)C2CO)c(=O)[nH]1. The number of nitrogens with zero attached hydrogens (tertiary/aromatic N) is 3. The van der Waals surface area contributed by atoms with Gasteiger partial charge >= 0.3 is 0 Å². The van der Waals surface area contributed by atoms with Crippen LogP contribution in [0.4, 0.5) is 5.95 Å². The molecule has 0 saturated carbocycles. The van der Waals surface area contributed by atoms with Crippen LogP contribution in [0.5, 0.6) is 0 Å². The first-order chi connectivity index (χ1) is 9.15. The zero-order valence-corrected chi connectivity index (χ0v) is 9.85. The minimum atomic E-state index is -0.513. The fraction of sp³-hybridized carbons (Fsp3) is 0.500. The van der Waals surface area contributed by atoms with Gasteiger partial charge in [-0.1, -0.05) is 0 Å². The fourth-order valence-electron chi connectivity index (χ4n) is 2.26. The Kier molecular flexibility index (Phi) is 2.73. The Morgan fingerprint density at radius 3 is 2.95 bits per heavy atom. The molecular formula is C10H13N5O4. The molecule has 0 aliphatic carbocycles. The Morgan fingerprint density at radius 1 is 1.47 bits per heavy atom. The highest BCUT2D eigenvalue weighted by Crippen LogP contribution is 2.37. The number of nitrogen functional groups attached to an aromatic ring is 1. The van der Waals surface area contributed by atoms with Gasteiger partial charge < -0.3 is 20.7 Å². The number of hydrogen-bond donors (Lipinski definition) is 4. The number of anilines is 1. The van der Waals surface area contributed by atoms with E-state index in [2.05, 4.69) is 15.0 Å². The van der Waals surface area contributed by atoms with E-state index in [4.69, 9.17) is 15.6 Å². The smallest absolute Gasteiger partial charge is 0.280 e. The third kappa shape index (κ3) is 1.70. The van der Waals surface area contributed by atoms with Crippen molar-refractivity contribution in [2.75, 3.05) is 18.9 Å². The summed E-state index contributed by atoms with van der Waals surface area (Å²) in [6, 6.07) is 0. The highest BCUT2D eigenvalue weighted by molar-refractivity contribution is 5.70. The molecule has 1 aliphatic heterocycles. The van der Waals surface area contributed by atoms with Gasteiger partial charge in [0.25, 0.3) is 5.56 Å².